The van der Waals surface area contributed by atoms with Gasteiger partial charge in [-0.1, -0.05) is 11.6 Å². The third-order valence-corrected chi connectivity index (χ3v) is 1.36. The van der Waals surface area contributed by atoms with Crippen molar-refractivity contribution in [2.24, 2.45) is 0 Å². The molecule has 1 rings (SSSR count). The highest BCUT2D eigenvalue weighted by molar-refractivity contribution is 6.32. The minimum absolute atomic E-state index is 0.0705. The minimum atomic E-state index is -0.887. The van der Waals surface area contributed by atoms with Crippen molar-refractivity contribution in [1.82, 2.24) is 0 Å². The van der Waals surface area contributed by atoms with E-state index >= 15 is 0 Å². The summed E-state index contributed by atoms with van der Waals surface area (Å²) in [6.45, 7) is 0. The Labute approximate surface area is 61.5 Å². The molecule has 1 aromatic carbocycles. The van der Waals surface area contributed by atoms with Gasteiger partial charge in [0.25, 0.3) is 0 Å². The first-order valence-corrected chi connectivity index (χ1v) is 2.86. The Hall–Kier alpha value is -0.960. The molecule has 0 radical (unpaired) electrons. The number of hydrogen-bond donors (Lipinski definition) is 2. The lowest BCUT2D eigenvalue weighted by Gasteiger charge is -1.98. The SMILES string of the molecule is Oc1c(F)ccc(Cl)c1O. The Kier molecular flexibility index (Phi) is 1.68. The van der Waals surface area contributed by atoms with E-state index in [0.29, 0.717) is 0 Å². The summed E-state index contributed by atoms with van der Waals surface area (Å²) in [6.07, 6.45) is 0. The number of hydrogen-bond acceptors (Lipinski definition) is 2. The fourth-order valence-corrected chi connectivity index (χ4v) is 0.683. The maximum absolute atomic E-state index is 12.3. The van der Waals surface area contributed by atoms with Gasteiger partial charge >= 0.3 is 0 Å². The van der Waals surface area contributed by atoms with Gasteiger partial charge in [0, 0.05) is 0 Å². The molecule has 0 spiro atoms. The lowest BCUT2D eigenvalue weighted by atomic mass is 10.3. The lowest BCUT2D eigenvalue weighted by Crippen LogP contribution is -1.76. The van der Waals surface area contributed by atoms with Crippen LogP contribution in [0.4, 0.5) is 4.39 Å². The van der Waals surface area contributed by atoms with Crippen molar-refractivity contribution in [2.45, 2.75) is 0 Å². The second-order valence-corrected chi connectivity index (χ2v) is 2.13. The van der Waals surface area contributed by atoms with Gasteiger partial charge in [-0.3, -0.25) is 0 Å². The van der Waals surface area contributed by atoms with Crippen LogP contribution in [-0.2, 0) is 0 Å². The smallest absolute Gasteiger partial charge is 0.195 e. The molecule has 0 fully saturated rings. The standard InChI is InChI=1S/C6H4ClFO2/c7-3-1-2-4(8)6(10)5(3)9/h1-2,9-10H. The van der Waals surface area contributed by atoms with Crippen LogP contribution in [0.3, 0.4) is 0 Å². The maximum Gasteiger partial charge on any atom is 0.195 e. The van der Waals surface area contributed by atoms with Crippen LogP contribution in [0.15, 0.2) is 12.1 Å². The van der Waals surface area contributed by atoms with E-state index < -0.39 is 17.3 Å². The lowest BCUT2D eigenvalue weighted by molar-refractivity contribution is 0.379. The molecule has 10 heavy (non-hydrogen) atoms. The average Bonchev–Trinajstić information content (AvgIpc) is 1.93. The van der Waals surface area contributed by atoms with E-state index in [-0.39, 0.29) is 5.02 Å². The Morgan fingerprint density at radius 2 is 1.80 bits per heavy atom. The van der Waals surface area contributed by atoms with Crippen LogP contribution >= 0.6 is 11.6 Å². The van der Waals surface area contributed by atoms with Gasteiger partial charge in [-0.15, -0.1) is 0 Å². The van der Waals surface area contributed by atoms with Gasteiger partial charge < -0.3 is 10.2 Å². The van der Waals surface area contributed by atoms with Gasteiger partial charge in [0.1, 0.15) is 0 Å². The molecule has 0 aliphatic rings. The molecule has 0 aliphatic carbocycles. The molecule has 0 aromatic heterocycles. The van der Waals surface area contributed by atoms with E-state index in [1.165, 1.54) is 0 Å². The van der Waals surface area contributed by atoms with Gasteiger partial charge in [-0.25, -0.2) is 4.39 Å². The summed E-state index contributed by atoms with van der Waals surface area (Å²) in [5.41, 5.74) is 0. The van der Waals surface area contributed by atoms with E-state index in [2.05, 4.69) is 0 Å². The highest BCUT2D eigenvalue weighted by Gasteiger charge is 2.08. The molecule has 54 valence electrons. The van der Waals surface area contributed by atoms with Crippen LogP contribution in [-0.4, -0.2) is 10.2 Å². The first kappa shape index (κ1) is 7.15. The van der Waals surface area contributed by atoms with E-state index in [4.69, 9.17) is 21.8 Å². The predicted octanol–water partition coefficient (Wildman–Crippen LogP) is 1.89. The van der Waals surface area contributed by atoms with Crippen molar-refractivity contribution in [1.29, 1.82) is 0 Å². The van der Waals surface area contributed by atoms with Crippen LogP contribution in [0, 0.1) is 5.82 Å². The molecule has 0 amide bonds. The number of benzene rings is 1. The Balaban J connectivity index is 3.34. The number of rotatable bonds is 0. The van der Waals surface area contributed by atoms with Gasteiger partial charge in [0.2, 0.25) is 0 Å². The predicted molar refractivity (Wildman–Crippen MR) is 34.7 cm³/mol. The average molecular weight is 163 g/mol. The number of phenolic OH excluding ortho intramolecular Hbond substituents is 2. The molecule has 4 heteroatoms. The first-order valence-electron chi connectivity index (χ1n) is 2.49. The van der Waals surface area contributed by atoms with E-state index in [0.717, 1.165) is 12.1 Å². The quantitative estimate of drug-likeness (QED) is 0.572. The maximum atomic E-state index is 12.3. The highest BCUT2D eigenvalue weighted by Crippen LogP contribution is 2.34. The molecule has 1 aromatic rings. The topological polar surface area (TPSA) is 40.5 Å². The van der Waals surface area contributed by atoms with E-state index in [1.807, 2.05) is 0 Å². The molecule has 0 heterocycles. The van der Waals surface area contributed by atoms with Crippen molar-refractivity contribution in [3.05, 3.63) is 23.0 Å². The summed E-state index contributed by atoms with van der Waals surface area (Å²) in [6, 6.07) is 2.13. The molecule has 0 aliphatic heterocycles. The monoisotopic (exact) mass is 162 g/mol. The Bertz CT molecular complexity index is 235. The minimum Gasteiger partial charge on any atom is -0.503 e. The van der Waals surface area contributed by atoms with Crippen LogP contribution in [0.1, 0.15) is 0 Å². The van der Waals surface area contributed by atoms with Crippen LogP contribution < -0.4 is 0 Å². The van der Waals surface area contributed by atoms with Gasteiger partial charge in [-0.2, -0.15) is 0 Å². The largest absolute Gasteiger partial charge is 0.503 e. The van der Waals surface area contributed by atoms with Crippen molar-refractivity contribution < 1.29 is 14.6 Å². The second kappa shape index (κ2) is 2.34. The zero-order valence-electron chi connectivity index (χ0n) is 4.81. The van der Waals surface area contributed by atoms with Crippen LogP contribution in [0.5, 0.6) is 11.5 Å². The van der Waals surface area contributed by atoms with Gasteiger partial charge in [0.05, 0.1) is 5.02 Å². The molecule has 0 unspecified atom stereocenters. The molecule has 0 saturated carbocycles. The van der Waals surface area contributed by atoms with Crippen molar-refractivity contribution >= 4 is 11.6 Å². The second-order valence-electron chi connectivity index (χ2n) is 1.73. The molecular formula is C6H4ClFO2. The normalized spacial score (nSPS) is 9.80. The molecular weight excluding hydrogens is 159 g/mol. The van der Waals surface area contributed by atoms with Crippen molar-refractivity contribution in [2.75, 3.05) is 0 Å². The summed E-state index contributed by atoms with van der Waals surface area (Å²) in [4.78, 5) is 0. The summed E-state index contributed by atoms with van der Waals surface area (Å²) in [5, 5.41) is 17.4. The van der Waals surface area contributed by atoms with Crippen molar-refractivity contribution in [3.8, 4) is 11.5 Å². The summed E-state index contributed by atoms with van der Waals surface area (Å²) >= 11 is 5.31. The fourth-order valence-electron chi connectivity index (χ4n) is 0.530. The van der Waals surface area contributed by atoms with Gasteiger partial charge in [-0.05, 0) is 12.1 Å². The van der Waals surface area contributed by atoms with Crippen LogP contribution in [0.2, 0.25) is 5.02 Å². The van der Waals surface area contributed by atoms with Gasteiger partial charge in [0.15, 0.2) is 17.3 Å². The summed E-state index contributed by atoms with van der Waals surface area (Å²) < 4.78 is 12.3. The van der Waals surface area contributed by atoms with E-state index in [9.17, 15) is 4.39 Å². The molecule has 0 atom stereocenters. The third-order valence-electron chi connectivity index (χ3n) is 1.05. The Morgan fingerprint density at radius 1 is 1.20 bits per heavy atom. The molecule has 2 nitrogen and oxygen atoms in total. The summed E-state index contributed by atoms with van der Waals surface area (Å²) in [7, 11) is 0. The van der Waals surface area contributed by atoms with Crippen LogP contribution in [0.25, 0.3) is 0 Å². The summed E-state index contributed by atoms with van der Waals surface area (Å²) in [5.74, 6) is -2.32. The Morgan fingerprint density at radius 3 is 2.30 bits per heavy atom. The number of phenols is 2. The highest BCUT2D eigenvalue weighted by atomic mass is 35.5. The molecule has 0 saturated heterocycles. The third kappa shape index (κ3) is 0.998. The fraction of sp³-hybridized carbons (Fsp3) is 0. The first-order chi connectivity index (χ1) is 4.63. The van der Waals surface area contributed by atoms with E-state index in [1.54, 1.807) is 0 Å². The molecule has 0 bridgehead atoms. The molecule has 2 N–H and O–H groups in total. The number of aromatic hydroxyl groups is 2. The van der Waals surface area contributed by atoms with Crippen molar-refractivity contribution in [3.63, 3.8) is 0 Å². The zero-order chi connectivity index (χ0) is 7.72. The zero-order valence-corrected chi connectivity index (χ0v) is 5.56. The number of halogens is 2.